The van der Waals surface area contributed by atoms with E-state index in [2.05, 4.69) is 14.9 Å². The van der Waals surface area contributed by atoms with Gasteiger partial charge in [0.1, 0.15) is 5.75 Å². The average Bonchev–Trinajstić information content (AvgIpc) is 3.48. The van der Waals surface area contributed by atoms with E-state index < -0.39 is 12.6 Å². The van der Waals surface area contributed by atoms with Crippen LogP contribution in [0.2, 0.25) is 10.0 Å². The molecule has 41 heavy (non-hydrogen) atoms. The van der Waals surface area contributed by atoms with Gasteiger partial charge in [-0.05, 0) is 60.4 Å². The highest BCUT2D eigenvalue weighted by atomic mass is 35.5. The third-order valence-electron chi connectivity index (χ3n) is 6.65. The summed E-state index contributed by atoms with van der Waals surface area (Å²) in [7, 11) is 0. The molecular weight excluding hydrogens is 561 g/mol. The van der Waals surface area contributed by atoms with Crippen LogP contribution in [0.25, 0.3) is 22.3 Å². The lowest BCUT2D eigenvalue weighted by atomic mass is 9.94. The minimum atomic E-state index is -1.11. The second-order valence-corrected chi connectivity index (χ2v) is 10.7. The van der Waals surface area contributed by atoms with E-state index in [4.69, 9.17) is 27.9 Å². The number of unbranched alkanes of at least 4 members (excludes halogenated alkanes) is 5. The Morgan fingerprint density at radius 2 is 1.46 bits per heavy atom. The van der Waals surface area contributed by atoms with Crippen molar-refractivity contribution in [2.75, 3.05) is 13.2 Å². The van der Waals surface area contributed by atoms with Crippen LogP contribution in [0.3, 0.4) is 0 Å². The monoisotopic (exact) mass is 593 g/mol. The van der Waals surface area contributed by atoms with Gasteiger partial charge in [-0.1, -0.05) is 73.2 Å². The Kier molecular flexibility index (Phi) is 11.2. The van der Waals surface area contributed by atoms with Gasteiger partial charge in [0.2, 0.25) is 0 Å². The Bertz CT molecular complexity index is 1390. The second-order valence-electron chi connectivity index (χ2n) is 9.78. The van der Waals surface area contributed by atoms with E-state index in [9.17, 15) is 14.7 Å². The molecule has 0 saturated carbocycles. The Hall–Kier alpha value is -3.81. The van der Waals surface area contributed by atoms with Crippen LogP contribution in [-0.4, -0.2) is 39.7 Å². The minimum absolute atomic E-state index is 0.221. The van der Waals surface area contributed by atoms with Crippen molar-refractivity contribution >= 4 is 35.1 Å². The van der Waals surface area contributed by atoms with Crippen molar-refractivity contribution in [2.24, 2.45) is 0 Å². The van der Waals surface area contributed by atoms with Crippen LogP contribution >= 0.6 is 23.2 Å². The van der Waals surface area contributed by atoms with Gasteiger partial charge in [0.15, 0.2) is 6.61 Å². The average molecular weight is 595 g/mol. The molecule has 1 amide bonds. The van der Waals surface area contributed by atoms with Crippen molar-refractivity contribution in [3.05, 3.63) is 95.0 Å². The molecule has 0 spiro atoms. The molecule has 1 heterocycles. The summed E-state index contributed by atoms with van der Waals surface area (Å²) in [5.74, 6) is -0.998. The zero-order chi connectivity index (χ0) is 29.0. The van der Waals surface area contributed by atoms with Crippen LogP contribution in [0.4, 0.5) is 0 Å². The topological polar surface area (TPSA) is 93.5 Å². The number of nitrogens with one attached hydrogen (secondary N) is 1. The van der Waals surface area contributed by atoms with Gasteiger partial charge in [-0.3, -0.25) is 4.79 Å². The predicted molar refractivity (Wildman–Crippen MR) is 163 cm³/mol. The number of aryl methyl sites for hydroxylation is 1. The number of hydrogen-bond donors (Lipinski definition) is 2. The number of rotatable bonds is 15. The lowest BCUT2D eigenvalue weighted by Gasteiger charge is -2.18. The maximum absolute atomic E-state index is 13.3. The molecule has 7 nitrogen and oxygen atoms in total. The highest BCUT2D eigenvalue weighted by Crippen LogP contribution is 2.41. The van der Waals surface area contributed by atoms with Crippen LogP contribution in [0, 0.1) is 0 Å². The fourth-order valence-corrected chi connectivity index (χ4v) is 5.02. The molecule has 0 aliphatic carbocycles. The van der Waals surface area contributed by atoms with E-state index in [0.29, 0.717) is 50.2 Å². The second kappa shape index (κ2) is 15.3. The number of carboxylic acid groups (broad SMARTS) is 1. The summed E-state index contributed by atoms with van der Waals surface area (Å²) in [6.45, 7) is 1.00. The molecule has 3 aromatic carbocycles. The Morgan fingerprint density at radius 1 is 0.854 bits per heavy atom. The molecule has 0 aliphatic heterocycles. The van der Waals surface area contributed by atoms with E-state index in [0.717, 1.165) is 38.6 Å². The number of aliphatic carboxylic acids is 1. The molecule has 4 aromatic rings. The van der Waals surface area contributed by atoms with Crippen LogP contribution in [0.15, 0.2) is 79.4 Å². The molecular formula is C32H33Cl2N3O4. The molecule has 4 rings (SSSR count). The molecule has 0 bridgehead atoms. The van der Waals surface area contributed by atoms with Crippen LogP contribution < -0.4 is 10.1 Å². The Labute approximate surface area is 250 Å². The fourth-order valence-electron chi connectivity index (χ4n) is 4.64. The highest BCUT2D eigenvalue weighted by molar-refractivity contribution is 6.31. The number of carbonyl (C=O) groups is 2. The quantitative estimate of drug-likeness (QED) is 0.137. The molecule has 0 atom stereocenters. The van der Waals surface area contributed by atoms with Crippen molar-refractivity contribution < 1.29 is 19.4 Å². The summed E-state index contributed by atoms with van der Waals surface area (Å²) >= 11 is 12.6. The Morgan fingerprint density at radius 3 is 2.02 bits per heavy atom. The first kappa shape index (κ1) is 30.2. The van der Waals surface area contributed by atoms with E-state index in [1.54, 1.807) is 54.7 Å². The molecule has 0 saturated heterocycles. The van der Waals surface area contributed by atoms with Crippen molar-refractivity contribution in [1.82, 2.24) is 14.9 Å². The molecule has 1 aromatic heterocycles. The normalized spacial score (nSPS) is 10.9. The lowest BCUT2D eigenvalue weighted by Crippen LogP contribution is -2.24. The van der Waals surface area contributed by atoms with Gasteiger partial charge in [-0.15, -0.1) is 0 Å². The van der Waals surface area contributed by atoms with Crippen molar-refractivity contribution in [2.45, 2.75) is 45.1 Å². The van der Waals surface area contributed by atoms with E-state index >= 15 is 0 Å². The SMILES string of the molecule is O=C(O)COc1c(-c2cccc(Cl)c2)cc(C(=O)NCCCCCCCCn2ccnc2)cc1-c1cccc(Cl)c1. The van der Waals surface area contributed by atoms with Crippen LogP contribution in [0.5, 0.6) is 5.75 Å². The number of hydrogen-bond acceptors (Lipinski definition) is 4. The standard InChI is InChI=1S/C32H33Cl2N3O4/c33-26-11-7-9-23(17-26)28-19-25(20-29(31(28)41-21-30(38)39)24-10-8-12-27(34)18-24)32(40)36-13-5-3-1-2-4-6-15-37-16-14-35-22-37/h7-12,14,16-20,22H,1-6,13,15,21H2,(H,36,40)(H,38,39). The maximum Gasteiger partial charge on any atom is 0.341 e. The van der Waals surface area contributed by atoms with Gasteiger partial charge in [0.25, 0.3) is 5.91 Å². The van der Waals surface area contributed by atoms with Gasteiger partial charge in [0, 0.05) is 52.2 Å². The van der Waals surface area contributed by atoms with E-state index in [1.807, 2.05) is 24.7 Å². The van der Waals surface area contributed by atoms with Gasteiger partial charge in [-0.25, -0.2) is 9.78 Å². The number of carboxylic acids is 1. The first-order chi connectivity index (χ1) is 19.9. The predicted octanol–water partition coefficient (Wildman–Crippen LogP) is 7.76. The summed E-state index contributed by atoms with van der Waals surface area (Å²) < 4.78 is 7.90. The summed E-state index contributed by atoms with van der Waals surface area (Å²) in [6, 6.07) is 17.7. The number of nitrogens with zero attached hydrogens (tertiary/aromatic N) is 2. The fraction of sp³-hybridized carbons (Fsp3) is 0.281. The minimum Gasteiger partial charge on any atom is -0.481 e. The molecule has 2 N–H and O–H groups in total. The first-order valence-electron chi connectivity index (χ1n) is 13.7. The highest BCUT2D eigenvalue weighted by Gasteiger charge is 2.20. The zero-order valence-electron chi connectivity index (χ0n) is 22.7. The number of imidazole rings is 1. The summed E-state index contributed by atoms with van der Waals surface area (Å²) in [4.78, 5) is 28.8. The third kappa shape index (κ3) is 9.10. The number of halogens is 2. The van der Waals surface area contributed by atoms with E-state index in [-0.39, 0.29) is 5.91 Å². The van der Waals surface area contributed by atoms with Crippen molar-refractivity contribution in [3.8, 4) is 28.0 Å². The third-order valence-corrected chi connectivity index (χ3v) is 7.12. The molecule has 0 fully saturated rings. The van der Waals surface area contributed by atoms with Crippen molar-refractivity contribution in [3.63, 3.8) is 0 Å². The summed E-state index contributed by atoms with van der Waals surface area (Å²) in [6.07, 6.45) is 12.1. The number of ether oxygens (including phenoxy) is 1. The van der Waals surface area contributed by atoms with Gasteiger partial charge >= 0.3 is 5.97 Å². The number of amides is 1. The van der Waals surface area contributed by atoms with E-state index in [1.165, 1.54) is 6.42 Å². The number of benzene rings is 3. The summed E-state index contributed by atoms with van der Waals surface area (Å²) in [5, 5.41) is 13.4. The van der Waals surface area contributed by atoms with Gasteiger partial charge in [0.05, 0.1) is 6.33 Å². The molecule has 0 aliphatic rings. The molecule has 214 valence electrons. The van der Waals surface area contributed by atoms with Crippen LogP contribution in [0.1, 0.15) is 48.9 Å². The van der Waals surface area contributed by atoms with Gasteiger partial charge in [-0.2, -0.15) is 0 Å². The number of carbonyl (C=O) groups excluding carboxylic acids is 1. The van der Waals surface area contributed by atoms with Gasteiger partial charge < -0.3 is 19.7 Å². The molecule has 0 radical (unpaired) electrons. The maximum atomic E-state index is 13.3. The first-order valence-corrected chi connectivity index (χ1v) is 14.4. The number of aromatic nitrogens is 2. The summed E-state index contributed by atoms with van der Waals surface area (Å²) in [5.41, 5.74) is 2.95. The largest absolute Gasteiger partial charge is 0.481 e. The smallest absolute Gasteiger partial charge is 0.341 e. The van der Waals surface area contributed by atoms with Crippen molar-refractivity contribution in [1.29, 1.82) is 0 Å². The lowest BCUT2D eigenvalue weighted by molar-refractivity contribution is -0.139. The molecule has 0 unspecified atom stereocenters. The molecule has 9 heteroatoms. The van der Waals surface area contributed by atoms with Crippen LogP contribution in [-0.2, 0) is 11.3 Å². The zero-order valence-corrected chi connectivity index (χ0v) is 24.2. The Balaban J connectivity index is 1.47.